The summed E-state index contributed by atoms with van der Waals surface area (Å²) in [4.78, 5) is 3.81. The highest BCUT2D eigenvalue weighted by Gasteiger charge is 2.33. The second-order valence-corrected chi connectivity index (χ2v) is 6.00. The quantitative estimate of drug-likeness (QED) is 0.665. The Morgan fingerprint density at radius 3 is 2.38 bits per heavy atom. The van der Waals surface area contributed by atoms with Crippen molar-refractivity contribution in [3.63, 3.8) is 0 Å². The summed E-state index contributed by atoms with van der Waals surface area (Å²) in [6, 6.07) is 1.93. The van der Waals surface area contributed by atoms with E-state index < -0.39 is 0 Å². The van der Waals surface area contributed by atoms with Gasteiger partial charge in [-0.25, -0.2) is 0 Å². The molecule has 0 aromatic carbocycles. The topological polar surface area (TPSA) is 8.88 Å². The molecule has 0 aliphatic carbocycles. The van der Waals surface area contributed by atoms with Crippen LogP contribution in [-0.4, -0.2) is 38.3 Å². The standard InChI is InChI=1S/C14H28N2/c1-3-9-15-11-7-14(8-12-15)16-10-5-4-6-13(16)2/h13-14H,3-12H2,1-2H3/p+2/t13-/m0/s1. The minimum absolute atomic E-state index is 0.937. The van der Waals surface area contributed by atoms with E-state index in [0.29, 0.717) is 0 Å². The van der Waals surface area contributed by atoms with Gasteiger partial charge in [0.15, 0.2) is 0 Å². The van der Waals surface area contributed by atoms with Gasteiger partial charge < -0.3 is 9.80 Å². The van der Waals surface area contributed by atoms with Crippen LogP contribution >= 0.6 is 0 Å². The van der Waals surface area contributed by atoms with E-state index in [9.17, 15) is 0 Å². The van der Waals surface area contributed by atoms with Gasteiger partial charge in [-0.2, -0.15) is 0 Å². The fraction of sp³-hybridized carbons (Fsp3) is 1.00. The molecule has 0 radical (unpaired) electrons. The van der Waals surface area contributed by atoms with Crippen LogP contribution in [0.2, 0.25) is 0 Å². The Morgan fingerprint density at radius 2 is 1.75 bits per heavy atom. The Kier molecular flexibility index (Phi) is 4.66. The van der Waals surface area contributed by atoms with E-state index in [2.05, 4.69) is 13.8 Å². The van der Waals surface area contributed by atoms with Gasteiger partial charge in [0.2, 0.25) is 0 Å². The van der Waals surface area contributed by atoms with Crippen molar-refractivity contribution < 1.29 is 9.80 Å². The second kappa shape index (κ2) is 6.02. The first-order chi connectivity index (χ1) is 7.81. The first-order valence-corrected chi connectivity index (χ1v) is 7.50. The molecule has 2 fully saturated rings. The molecule has 0 amide bonds. The molecule has 2 atom stereocenters. The third kappa shape index (κ3) is 2.98. The number of quaternary nitrogens is 2. The molecule has 2 heterocycles. The monoisotopic (exact) mass is 226 g/mol. The molecule has 2 heteroatoms. The lowest BCUT2D eigenvalue weighted by Gasteiger charge is -2.39. The molecule has 2 N–H and O–H groups in total. The van der Waals surface area contributed by atoms with Gasteiger partial charge in [0.05, 0.1) is 38.3 Å². The molecule has 2 nitrogen and oxygen atoms in total. The first kappa shape index (κ1) is 12.4. The van der Waals surface area contributed by atoms with Gasteiger partial charge in [-0.3, -0.25) is 0 Å². The SMILES string of the molecule is CCC[NH+]1CCC([NH+]2CCCC[C@@H]2C)CC1. The molecule has 0 bridgehead atoms. The lowest BCUT2D eigenvalue weighted by molar-refractivity contribution is -0.975. The van der Waals surface area contributed by atoms with Crippen LogP contribution in [0.25, 0.3) is 0 Å². The number of piperidine rings is 2. The fourth-order valence-electron chi connectivity index (χ4n) is 3.82. The zero-order chi connectivity index (χ0) is 11.4. The average Bonchev–Trinajstić information content (AvgIpc) is 2.31. The summed E-state index contributed by atoms with van der Waals surface area (Å²) in [5.74, 6) is 0. The fourth-order valence-corrected chi connectivity index (χ4v) is 3.82. The smallest absolute Gasteiger partial charge is 0.0985 e. The van der Waals surface area contributed by atoms with Crippen molar-refractivity contribution in [3.05, 3.63) is 0 Å². The normalized spacial score (nSPS) is 40.9. The molecular formula is C14H30N2+2. The van der Waals surface area contributed by atoms with Crippen molar-refractivity contribution in [2.45, 2.75) is 64.5 Å². The molecule has 0 saturated carbocycles. The van der Waals surface area contributed by atoms with Crippen molar-refractivity contribution in [2.75, 3.05) is 26.2 Å². The summed E-state index contributed by atoms with van der Waals surface area (Å²) in [7, 11) is 0. The molecule has 0 aromatic rings. The summed E-state index contributed by atoms with van der Waals surface area (Å²) in [6.07, 6.45) is 8.74. The zero-order valence-corrected chi connectivity index (χ0v) is 11.2. The summed E-state index contributed by atoms with van der Waals surface area (Å²) < 4.78 is 0. The Bertz CT molecular complexity index is 197. The van der Waals surface area contributed by atoms with Crippen LogP contribution in [0, 0.1) is 0 Å². The van der Waals surface area contributed by atoms with E-state index in [4.69, 9.17) is 0 Å². The molecule has 2 saturated heterocycles. The molecule has 2 rings (SSSR count). The van der Waals surface area contributed by atoms with Gasteiger partial charge in [-0.05, 0) is 32.6 Å². The van der Waals surface area contributed by atoms with Crippen LogP contribution in [0.5, 0.6) is 0 Å². The molecule has 2 aliphatic rings. The van der Waals surface area contributed by atoms with Gasteiger partial charge in [0, 0.05) is 12.8 Å². The van der Waals surface area contributed by atoms with Crippen LogP contribution in [0.15, 0.2) is 0 Å². The Balaban J connectivity index is 1.79. The van der Waals surface area contributed by atoms with E-state index in [0.717, 1.165) is 12.1 Å². The van der Waals surface area contributed by atoms with E-state index in [-0.39, 0.29) is 0 Å². The van der Waals surface area contributed by atoms with Crippen LogP contribution in [0.4, 0.5) is 0 Å². The van der Waals surface area contributed by atoms with Crippen molar-refractivity contribution in [3.8, 4) is 0 Å². The summed E-state index contributed by atoms with van der Waals surface area (Å²) in [5, 5.41) is 0. The van der Waals surface area contributed by atoms with Gasteiger partial charge >= 0.3 is 0 Å². The molecule has 2 aliphatic heterocycles. The van der Waals surface area contributed by atoms with Crippen molar-refractivity contribution in [2.24, 2.45) is 0 Å². The third-order valence-electron chi connectivity index (χ3n) is 4.81. The Morgan fingerprint density at radius 1 is 1.00 bits per heavy atom. The number of hydrogen-bond donors (Lipinski definition) is 2. The lowest BCUT2D eigenvalue weighted by Crippen LogP contribution is -3.23. The summed E-state index contributed by atoms with van der Waals surface area (Å²) in [6.45, 7) is 10.5. The van der Waals surface area contributed by atoms with E-state index in [1.165, 1.54) is 64.7 Å². The van der Waals surface area contributed by atoms with Crippen molar-refractivity contribution in [1.82, 2.24) is 0 Å². The minimum Gasteiger partial charge on any atom is -0.335 e. The Hall–Kier alpha value is -0.0800. The third-order valence-corrected chi connectivity index (χ3v) is 4.81. The highest BCUT2D eigenvalue weighted by molar-refractivity contribution is 4.65. The van der Waals surface area contributed by atoms with Crippen LogP contribution in [-0.2, 0) is 0 Å². The largest absolute Gasteiger partial charge is 0.335 e. The minimum atomic E-state index is 0.937. The van der Waals surface area contributed by atoms with Crippen LogP contribution in [0.1, 0.15) is 52.4 Å². The Labute approximate surface area is 101 Å². The molecular weight excluding hydrogens is 196 g/mol. The predicted octanol–water partition coefficient (Wildman–Crippen LogP) is -0.0990. The number of hydrogen-bond acceptors (Lipinski definition) is 0. The van der Waals surface area contributed by atoms with E-state index >= 15 is 0 Å². The van der Waals surface area contributed by atoms with E-state index in [1.807, 2.05) is 9.80 Å². The predicted molar refractivity (Wildman–Crippen MR) is 68.0 cm³/mol. The zero-order valence-electron chi connectivity index (χ0n) is 11.2. The van der Waals surface area contributed by atoms with Crippen LogP contribution in [0.3, 0.4) is 0 Å². The van der Waals surface area contributed by atoms with E-state index in [1.54, 1.807) is 0 Å². The number of likely N-dealkylation sites (tertiary alicyclic amines) is 2. The van der Waals surface area contributed by atoms with Crippen LogP contribution < -0.4 is 9.80 Å². The summed E-state index contributed by atoms with van der Waals surface area (Å²) in [5.41, 5.74) is 0. The van der Waals surface area contributed by atoms with Gasteiger partial charge in [0.25, 0.3) is 0 Å². The molecule has 94 valence electrons. The number of rotatable bonds is 3. The van der Waals surface area contributed by atoms with Gasteiger partial charge in [-0.15, -0.1) is 0 Å². The maximum absolute atomic E-state index is 2.47. The van der Waals surface area contributed by atoms with Gasteiger partial charge in [-0.1, -0.05) is 6.92 Å². The average molecular weight is 226 g/mol. The molecule has 0 aromatic heterocycles. The molecule has 0 spiro atoms. The highest BCUT2D eigenvalue weighted by atomic mass is 15.2. The first-order valence-electron chi connectivity index (χ1n) is 7.50. The molecule has 1 unspecified atom stereocenters. The number of nitrogens with one attached hydrogen (secondary N) is 2. The van der Waals surface area contributed by atoms with Gasteiger partial charge in [0.1, 0.15) is 0 Å². The van der Waals surface area contributed by atoms with Crippen molar-refractivity contribution >= 4 is 0 Å². The molecule has 16 heavy (non-hydrogen) atoms. The second-order valence-electron chi connectivity index (χ2n) is 6.00. The highest BCUT2D eigenvalue weighted by Crippen LogP contribution is 2.06. The lowest BCUT2D eigenvalue weighted by atomic mass is 9.96. The summed E-state index contributed by atoms with van der Waals surface area (Å²) >= 11 is 0. The van der Waals surface area contributed by atoms with Crippen molar-refractivity contribution in [1.29, 1.82) is 0 Å². The maximum Gasteiger partial charge on any atom is 0.0985 e. The maximum atomic E-state index is 2.47.